The summed E-state index contributed by atoms with van der Waals surface area (Å²) in [5, 5.41) is 7.06. The van der Waals surface area contributed by atoms with Crippen molar-refractivity contribution < 1.29 is 0 Å². The minimum Gasteiger partial charge on any atom is -0.0984 e. The highest BCUT2D eigenvalue weighted by atomic mass is 14.1. The lowest BCUT2D eigenvalue weighted by molar-refractivity contribution is 1.50. The van der Waals surface area contributed by atoms with Gasteiger partial charge in [0, 0.05) is 0 Å². The van der Waals surface area contributed by atoms with Gasteiger partial charge in [0.05, 0.1) is 0 Å². The first kappa shape index (κ1) is 20.4. The normalized spacial score (nSPS) is 10.5. The van der Waals surface area contributed by atoms with Crippen molar-refractivity contribution in [3.8, 4) is 0 Å². The van der Waals surface area contributed by atoms with Gasteiger partial charge in [-0.2, -0.15) is 0 Å². The first-order valence-corrected chi connectivity index (χ1v) is 9.10. The van der Waals surface area contributed by atoms with Crippen LogP contribution in [0.4, 0.5) is 0 Å². The predicted molar refractivity (Wildman–Crippen MR) is 119 cm³/mol. The van der Waals surface area contributed by atoms with Crippen LogP contribution in [-0.2, 0) is 0 Å². The van der Waals surface area contributed by atoms with E-state index in [2.05, 4.69) is 63.1 Å². The van der Waals surface area contributed by atoms with Gasteiger partial charge in [-0.15, -0.1) is 0 Å². The van der Waals surface area contributed by atoms with Gasteiger partial charge >= 0.3 is 0 Å². The van der Waals surface area contributed by atoms with E-state index >= 15 is 0 Å². The zero-order chi connectivity index (χ0) is 19.0. The maximum Gasteiger partial charge on any atom is -0.00299 e. The number of hydrogen-bond donors (Lipinski definition) is 0. The Kier molecular flexibility index (Phi) is 7.88. The topological polar surface area (TPSA) is 0 Å². The third-order valence-electron chi connectivity index (χ3n) is 4.09. The number of rotatable bonds is 2. The average molecular weight is 331 g/mol. The van der Waals surface area contributed by atoms with Crippen molar-refractivity contribution in [1.82, 2.24) is 0 Å². The summed E-state index contributed by atoms with van der Waals surface area (Å²) >= 11 is 0. The van der Waals surface area contributed by atoms with Crippen LogP contribution in [0.2, 0.25) is 0 Å². The zero-order valence-corrected chi connectivity index (χ0v) is 16.3. The molecule has 0 fully saturated rings. The number of hydrogen-bond acceptors (Lipinski definition) is 0. The minimum absolute atomic E-state index is 1.03. The van der Waals surface area contributed by atoms with Crippen LogP contribution in [0.3, 0.4) is 0 Å². The van der Waals surface area contributed by atoms with Crippen LogP contribution in [0, 0.1) is 0 Å². The number of fused-ring (bicyclic) bond motifs is 2. The maximum atomic E-state index is 4.19. The number of benzene rings is 3. The monoisotopic (exact) mass is 330 g/mol. The molecule has 0 N–H and O–H groups in total. The second-order valence-electron chi connectivity index (χ2n) is 5.13. The van der Waals surface area contributed by atoms with E-state index in [0.717, 1.165) is 10.8 Å². The Morgan fingerprint density at radius 2 is 1.20 bits per heavy atom. The van der Waals surface area contributed by atoms with Crippen LogP contribution in [0.15, 0.2) is 49.6 Å². The lowest BCUT2D eigenvalue weighted by Crippen LogP contribution is -2.07. The Morgan fingerprint density at radius 1 is 0.720 bits per heavy atom. The standard InChI is InChI=1S/C21H18.2C2H6/c1-5-15-11-9-13-19-16(6-2)20-14(4)10-8-12-18(20)17(7-3)21(15)19;2*1-2/h5-13H,2-4H2,1H3;2*1-2H3/b15-5-;;. The molecule has 130 valence electrons. The van der Waals surface area contributed by atoms with Crippen LogP contribution < -0.4 is 10.4 Å². The summed E-state index contributed by atoms with van der Waals surface area (Å²) in [5.74, 6) is 0. The Morgan fingerprint density at radius 3 is 1.72 bits per heavy atom. The van der Waals surface area contributed by atoms with Gasteiger partial charge in [-0.05, 0) is 50.0 Å². The Hall–Kier alpha value is -2.60. The first-order chi connectivity index (χ1) is 12.2. The average Bonchev–Trinajstić information content (AvgIpc) is 2.69. The van der Waals surface area contributed by atoms with Gasteiger partial charge in [-0.3, -0.25) is 0 Å². The highest BCUT2D eigenvalue weighted by molar-refractivity contribution is 6.12. The van der Waals surface area contributed by atoms with Gasteiger partial charge in [0.15, 0.2) is 0 Å². The van der Waals surface area contributed by atoms with Gasteiger partial charge in [0.25, 0.3) is 0 Å². The van der Waals surface area contributed by atoms with Crippen LogP contribution in [0.5, 0.6) is 0 Å². The Bertz CT molecular complexity index is 988. The Labute approximate surface area is 152 Å². The fourth-order valence-electron chi connectivity index (χ4n) is 3.17. The van der Waals surface area contributed by atoms with Crippen LogP contribution >= 0.6 is 0 Å². The smallest absolute Gasteiger partial charge is 0.00299 e. The van der Waals surface area contributed by atoms with Gasteiger partial charge < -0.3 is 0 Å². The third kappa shape index (κ3) is 3.58. The van der Waals surface area contributed by atoms with Crippen molar-refractivity contribution >= 4 is 46.4 Å². The van der Waals surface area contributed by atoms with E-state index in [1.165, 1.54) is 32.3 Å². The summed E-state index contributed by atoms with van der Waals surface area (Å²) in [6, 6.07) is 12.6. The zero-order valence-electron chi connectivity index (χ0n) is 16.3. The molecule has 0 aromatic heterocycles. The molecule has 25 heavy (non-hydrogen) atoms. The van der Waals surface area contributed by atoms with Crippen molar-refractivity contribution in [1.29, 1.82) is 0 Å². The van der Waals surface area contributed by atoms with Gasteiger partial charge in [0.2, 0.25) is 0 Å². The van der Waals surface area contributed by atoms with E-state index in [9.17, 15) is 0 Å². The summed E-state index contributed by atoms with van der Waals surface area (Å²) in [5.41, 5.74) is 2.32. The van der Waals surface area contributed by atoms with E-state index in [1.54, 1.807) is 0 Å². The fourth-order valence-corrected chi connectivity index (χ4v) is 3.17. The lowest BCUT2D eigenvalue weighted by atomic mass is 9.90. The van der Waals surface area contributed by atoms with E-state index in [1.807, 2.05) is 45.9 Å². The van der Waals surface area contributed by atoms with E-state index in [4.69, 9.17) is 0 Å². The largest absolute Gasteiger partial charge is 0.0984 e. The molecule has 0 aliphatic heterocycles. The summed E-state index contributed by atoms with van der Waals surface area (Å²) in [6.07, 6.45) is 6.03. The molecule has 0 atom stereocenters. The molecule has 3 rings (SSSR count). The molecule has 0 bridgehead atoms. The first-order valence-electron chi connectivity index (χ1n) is 9.10. The maximum absolute atomic E-state index is 4.19. The second kappa shape index (κ2) is 9.64. The van der Waals surface area contributed by atoms with Gasteiger partial charge in [-0.25, -0.2) is 0 Å². The molecular formula is C25H30. The third-order valence-corrected chi connectivity index (χ3v) is 4.09. The molecule has 0 aliphatic rings. The molecule has 0 saturated carbocycles. The summed E-state index contributed by atoms with van der Waals surface area (Å²) in [7, 11) is 0. The van der Waals surface area contributed by atoms with Crippen molar-refractivity contribution in [3.63, 3.8) is 0 Å². The van der Waals surface area contributed by atoms with Crippen molar-refractivity contribution in [2.24, 2.45) is 0 Å². The molecule has 0 amide bonds. The fraction of sp³-hybridized carbons (Fsp3) is 0.200. The molecule has 0 aliphatic carbocycles. The van der Waals surface area contributed by atoms with E-state index < -0.39 is 0 Å². The quantitative estimate of drug-likeness (QED) is 0.468. The SMILES string of the molecule is C=Cc1c2ccc/c(=C/C)c2c(C=C)c2cccc(=C)c12.CC.CC. The summed E-state index contributed by atoms with van der Waals surface area (Å²) < 4.78 is 0. The molecule has 3 aromatic rings. The molecular weight excluding hydrogens is 300 g/mol. The molecule has 0 heteroatoms. The van der Waals surface area contributed by atoms with Crippen molar-refractivity contribution in [2.45, 2.75) is 34.6 Å². The highest BCUT2D eigenvalue weighted by Gasteiger charge is 2.11. The van der Waals surface area contributed by atoms with Crippen molar-refractivity contribution in [2.75, 3.05) is 0 Å². The molecule has 0 saturated heterocycles. The van der Waals surface area contributed by atoms with Crippen LogP contribution in [-0.4, -0.2) is 0 Å². The summed E-state index contributed by atoms with van der Waals surface area (Å²) in [6.45, 7) is 22.3. The van der Waals surface area contributed by atoms with Gasteiger partial charge in [0.1, 0.15) is 0 Å². The molecule has 0 heterocycles. The lowest BCUT2D eigenvalue weighted by Gasteiger charge is -2.13. The Balaban J connectivity index is 0.000000730. The minimum atomic E-state index is 1.03. The second-order valence-corrected chi connectivity index (χ2v) is 5.13. The van der Waals surface area contributed by atoms with E-state index in [0.29, 0.717) is 0 Å². The van der Waals surface area contributed by atoms with Crippen LogP contribution in [0.25, 0.3) is 46.4 Å². The summed E-state index contributed by atoms with van der Waals surface area (Å²) in [4.78, 5) is 0. The molecule has 0 spiro atoms. The highest BCUT2D eigenvalue weighted by Crippen LogP contribution is 2.30. The molecule has 3 aromatic carbocycles. The predicted octanol–water partition coefficient (Wildman–Crippen LogP) is 6.54. The van der Waals surface area contributed by atoms with Crippen LogP contribution in [0.1, 0.15) is 45.7 Å². The van der Waals surface area contributed by atoms with Crippen molar-refractivity contribution in [3.05, 3.63) is 71.1 Å². The molecule has 0 radical (unpaired) electrons. The molecule has 0 unspecified atom stereocenters. The van der Waals surface area contributed by atoms with Gasteiger partial charge in [-0.1, -0.05) is 102 Å². The molecule has 0 nitrogen and oxygen atoms in total. The van der Waals surface area contributed by atoms with E-state index in [-0.39, 0.29) is 0 Å².